The highest BCUT2D eigenvalue weighted by atomic mass is 19.1. The van der Waals surface area contributed by atoms with Crippen LogP contribution in [0.2, 0.25) is 0 Å². The summed E-state index contributed by atoms with van der Waals surface area (Å²) in [5.41, 5.74) is 3.61. The van der Waals surface area contributed by atoms with Crippen LogP contribution >= 0.6 is 0 Å². The smallest absolute Gasteiger partial charge is 0.256 e. The third kappa shape index (κ3) is 5.97. The lowest BCUT2D eigenvalue weighted by Gasteiger charge is -2.33. The van der Waals surface area contributed by atoms with E-state index in [1.807, 2.05) is 24.8 Å². The highest BCUT2D eigenvalue weighted by Crippen LogP contribution is 2.32. The van der Waals surface area contributed by atoms with Gasteiger partial charge in [-0.25, -0.2) is 4.39 Å². The molecule has 1 amide bonds. The van der Waals surface area contributed by atoms with Crippen molar-refractivity contribution in [2.75, 3.05) is 20.3 Å². The Morgan fingerprint density at radius 3 is 2.77 bits per heavy atom. The van der Waals surface area contributed by atoms with E-state index in [0.29, 0.717) is 31.5 Å². The number of aromatic nitrogens is 3. The van der Waals surface area contributed by atoms with E-state index in [-0.39, 0.29) is 24.4 Å². The molecule has 35 heavy (non-hydrogen) atoms. The Bertz CT molecular complexity index is 1130. The quantitative estimate of drug-likeness (QED) is 0.386. The number of methoxy groups -OCH3 is 1. The second kappa shape index (κ2) is 11.6. The van der Waals surface area contributed by atoms with E-state index in [9.17, 15) is 9.18 Å². The number of halogens is 1. The van der Waals surface area contributed by atoms with Gasteiger partial charge in [-0.05, 0) is 63.3 Å². The fraction of sp³-hybridized carbons (Fsp3) is 0.500. The molecule has 1 aliphatic heterocycles. The van der Waals surface area contributed by atoms with Crippen LogP contribution in [0.3, 0.4) is 0 Å². The van der Waals surface area contributed by atoms with E-state index < -0.39 is 0 Å². The summed E-state index contributed by atoms with van der Waals surface area (Å²) < 4.78 is 31.5. The minimum atomic E-state index is -0.283. The maximum Gasteiger partial charge on any atom is 0.256 e. The summed E-state index contributed by atoms with van der Waals surface area (Å²) in [5, 5.41) is 4.17. The molecule has 1 unspecified atom stereocenters. The Kier molecular flexibility index (Phi) is 8.30. The van der Waals surface area contributed by atoms with Crippen LogP contribution in [0.1, 0.15) is 70.7 Å². The van der Waals surface area contributed by atoms with Gasteiger partial charge in [-0.1, -0.05) is 17.3 Å². The zero-order valence-corrected chi connectivity index (χ0v) is 20.6. The highest BCUT2D eigenvalue weighted by Gasteiger charge is 2.33. The number of carbonyl (C=O) groups excluding carboxylic acids is 1. The molecule has 1 fully saturated rings. The van der Waals surface area contributed by atoms with E-state index in [4.69, 9.17) is 14.0 Å². The molecule has 0 saturated carbocycles. The van der Waals surface area contributed by atoms with Crippen LogP contribution in [0, 0.1) is 19.7 Å². The van der Waals surface area contributed by atoms with Gasteiger partial charge in [0.05, 0.1) is 18.2 Å². The molecule has 1 aromatic carbocycles. The molecule has 8 nitrogen and oxygen atoms in total. The van der Waals surface area contributed by atoms with Crippen LogP contribution in [-0.4, -0.2) is 45.8 Å². The summed E-state index contributed by atoms with van der Waals surface area (Å²) >= 11 is 0. The number of piperidine rings is 1. The molecule has 9 heteroatoms. The second-order valence-corrected chi connectivity index (χ2v) is 8.96. The average molecular weight is 485 g/mol. The van der Waals surface area contributed by atoms with Crippen molar-refractivity contribution >= 4 is 5.91 Å². The lowest BCUT2D eigenvalue weighted by Crippen LogP contribution is -2.39. The van der Waals surface area contributed by atoms with Gasteiger partial charge in [-0.3, -0.25) is 4.79 Å². The van der Waals surface area contributed by atoms with Crippen molar-refractivity contribution in [3.8, 4) is 0 Å². The van der Waals surface area contributed by atoms with Crippen LogP contribution in [-0.2, 0) is 29.2 Å². The van der Waals surface area contributed by atoms with Crippen molar-refractivity contribution in [2.24, 2.45) is 0 Å². The SMILES string of the molecule is COCCCn1c(C)cc(C(=O)N2CCCCC2c2noc(COCc3ccc(F)cc3)n2)c1C. The average Bonchev–Trinajstić information content (AvgIpc) is 3.45. The molecule has 0 bridgehead atoms. The number of hydrogen-bond donors (Lipinski definition) is 0. The molecule has 4 rings (SSSR count). The molecule has 0 aliphatic carbocycles. The highest BCUT2D eigenvalue weighted by molar-refractivity contribution is 5.96. The van der Waals surface area contributed by atoms with Crippen molar-refractivity contribution in [3.63, 3.8) is 0 Å². The number of ether oxygens (including phenoxy) is 2. The first kappa shape index (κ1) is 25.1. The van der Waals surface area contributed by atoms with Crippen LogP contribution in [0.4, 0.5) is 4.39 Å². The van der Waals surface area contributed by atoms with E-state index in [2.05, 4.69) is 14.7 Å². The number of amides is 1. The first-order valence-electron chi connectivity index (χ1n) is 12.1. The lowest BCUT2D eigenvalue weighted by atomic mass is 10.00. The summed E-state index contributed by atoms with van der Waals surface area (Å²) in [6, 6.07) is 7.89. The minimum absolute atomic E-state index is 0.000277. The lowest BCUT2D eigenvalue weighted by molar-refractivity contribution is 0.0595. The van der Waals surface area contributed by atoms with Crippen LogP contribution < -0.4 is 0 Å². The monoisotopic (exact) mass is 484 g/mol. The molecule has 0 radical (unpaired) electrons. The maximum atomic E-state index is 13.6. The fourth-order valence-corrected chi connectivity index (χ4v) is 4.63. The fourth-order valence-electron chi connectivity index (χ4n) is 4.63. The van der Waals surface area contributed by atoms with Crippen molar-refractivity contribution in [2.45, 2.75) is 65.3 Å². The van der Waals surface area contributed by atoms with Crippen LogP contribution in [0.5, 0.6) is 0 Å². The van der Waals surface area contributed by atoms with Gasteiger partial charge < -0.3 is 23.5 Å². The number of rotatable bonds is 10. The number of aryl methyl sites for hydroxylation is 1. The molecule has 188 valence electrons. The zero-order chi connectivity index (χ0) is 24.8. The predicted octanol–water partition coefficient (Wildman–Crippen LogP) is 4.75. The van der Waals surface area contributed by atoms with Crippen LogP contribution in [0.25, 0.3) is 0 Å². The largest absolute Gasteiger partial charge is 0.385 e. The van der Waals surface area contributed by atoms with Gasteiger partial charge in [0, 0.05) is 38.2 Å². The van der Waals surface area contributed by atoms with Gasteiger partial charge in [0.15, 0.2) is 5.82 Å². The van der Waals surface area contributed by atoms with E-state index in [0.717, 1.165) is 54.7 Å². The van der Waals surface area contributed by atoms with Crippen LogP contribution in [0.15, 0.2) is 34.9 Å². The number of hydrogen-bond acceptors (Lipinski definition) is 6. The Morgan fingerprint density at radius 1 is 1.20 bits per heavy atom. The standard InChI is InChI=1S/C26H33FN4O4/c1-18-15-22(19(2)30(18)13-6-14-33-3)26(32)31-12-5-4-7-23(31)25-28-24(35-29-25)17-34-16-20-8-10-21(27)11-9-20/h8-11,15,23H,4-7,12-14,16-17H2,1-3H3. The van der Waals surface area contributed by atoms with Gasteiger partial charge in [0.25, 0.3) is 11.8 Å². The van der Waals surface area contributed by atoms with Crippen molar-refractivity contribution in [1.29, 1.82) is 0 Å². The number of carbonyl (C=O) groups is 1. The minimum Gasteiger partial charge on any atom is -0.385 e. The Balaban J connectivity index is 1.42. The molecular weight excluding hydrogens is 451 g/mol. The molecule has 1 aliphatic rings. The van der Waals surface area contributed by atoms with Gasteiger partial charge in [-0.2, -0.15) is 4.98 Å². The van der Waals surface area contributed by atoms with Gasteiger partial charge in [0.2, 0.25) is 0 Å². The number of likely N-dealkylation sites (tertiary alicyclic amines) is 1. The molecule has 3 heterocycles. The second-order valence-electron chi connectivity index (χ2n) is 8.96. The Labute approximate surface area is 205 Å². The molecule has 2 aromatic heterocycles. The topological polar surface area (TPSA) is 82.6 Å². The normalized spacial score (nSPS) is 16.1. The molecule has 1 atom stereocenters. The molecule has 0 N–H and O–H groups in total. The molecule has 0 spiro atoms. The first-order chi connectivity index (χ1) is 17.0. The first-order valence-corrected chi connectivity index (χ1v) is 12.1. The maximum absolute atomic E-state index is 13.6. The molecule has 3 aromatic rings. The van der Waals surface area contributed by atoms with Crippen molar-refractivity contribution in [1.82, 2.24) is 19.6 Å². The summed E-state index contributed by atoms with van der Waals surface area (Å²) in [6.45, 7) is 6.64. The summed E-state index contributed by atoms with van der Waals surface area (Å²) in [6.07, 6.45) is 3.62. The van der Waals surface area contributed by atoms with Gasteiger partial charge in [-0.15, -0.1) is 0 Å². The van der Waals surface area contributed by atoms with Crippen molar-refractivity contribution < 1.29 is 23.2 Å². The van der Waals surface area contributed by atoms with Gasteiger partial charge >= 0.3 is 0 Å². The Hall–Kier alpha value is -3.04. The zero-order valence-electron chi connectivity index (χ0n) is 20.6. The third-order valence-corrected chi connectivity index (χ3v) is 6.49. The number of benzene rings is 1. The predicted molar refractivity (Wildman–Crippen MR) is 127 cm³/mol. The van der Waals surface area contributed by atoms with E-state index in [1.54, 1.807) is 19.2 Å². The third-order valence-electron chi connectivity index (χ3n) is 6.49. The van der Waals surface area contributed by atoms with Gasteiger partial charge in [0.1, 0.15) is 12.4 Å². The Morgan fingerprint density at radius 2 is 2.00 bits per heavy atom. The van der Waals surface area contributed by atoms with E-state index in [1.165, 1.54) is 12.1 Å². The van der Waals surface area contributed by atoms with E-state index >= 15 is 0 Å². The molecule has 1 saturated heterocycles. The summed E-state index contributed by atoms with van der Waals surface area (Å²) in [7, 11) is 1.70. The number of nitrogens with zero attached hydrogens (tertiary/aromatic N) is 4. The summed E-state index contributed by atoms with van der Waals surface area (Å²) in [4.78, 5) is 20.0. The summed E-state index contributed by atoms with van der Waals surface area (Å²) in [5.74, 6) is 0.582. The molecular formula is C26H33FN4O4. The van der Waals surface area contributed by atoms with Crippen molar-refractivity contribution in [3.05, 3.63) is 70.4 Å².